The topological polar surface area (TPSA) is 67.4 Å². The number of rotatable bonds is 6. The predicted molar refractivity (Wildman–Crippen MR) is 119 cm³/mol. The summed E-state index contributed by atoms with van der Waals surface area (Å²) in [6.07, 6.45) is 11.6. The molecule has 162 valence electrons. The van der Waals surface area contributed by atoms with Crippen molar-refractivity contribution in [1.82, 2.24) is 5.32 Å². The van der Waals surface area contributed by atoms with Gasteiger partial charge in [-0.15, -0.1) is 11.3 Å². The van der Waals surface area contributed by atoms with Gasteiger partial charge in [0.05, 0.1) is 18.2 Å². The zero-order valence-corrected chi connectivity index (χ0v) is 19.0. The second-order valence-corrected chi connectivity index (χ2v) is 9.80. The van der Waals surface area contributed by atoms with Crippen molar-refractivity contribution in [3.63, 3.8) is 0 Å². The summed E-state index contributed by atoms with van der Waals surface area (Å²) >= 11 is 1.56. The number of amides is 1. The van der Waals surface area contributed by atoms with Crippen LogP contribution >= 0.6 is 11.3 Å². The lowest BCUT2D eigenvalue weighted by Gasteiger charge is -2.24. The van der Waals surface area contributed by atoms with Gasteiger partial charge in [-0.1, -0.05) is 39.0 Å². The fourth-order valence-electron chi connectivity index (χ4n) is 4.53. The number of carbonyl (C=O) groups is 2. The lowest BCUT2D eigenvalue weighted by Crippen LogP contribution is -2.44. The molecule has 0 bridgehead atoms. The molecule has 2 aliphatic carbocycles. The number of carbonyl (C=O) groups excluding carboxylic acids is 2. The number of nitrogens with one attached hydrogen (secondary N) is 2. The Hall–Kier alpha value is -1.40. The number of hydrogen-bond acceptors (Lipinski definition) is 5. The van der Waals surface area contributed by atoms with Crippen molar-refractivity contribution in [1.29, 1.82) is 0 Å². The highest BCUT2D eigenvalue weighted by Gasteiger charge is 2.30. The number of esters is 1. The van der Waals surface area contributed by atoms with Crippen LogP contribution in [0.3, 0.4) is 0 Å². The summed E-state index contributed by atoms with van der Waals surface area (Å²) in [6, 6.07) is 0.116. The number of thiophene rings is 1. The Labute approximate surface area is 179 Å². The molecule has 3 rings (SSSR count). The second-order valence-electron chi connectivity index (χ2n) is 8.70. The van der Waals surface area contributed by atoms with Gasteiger partial charge in [-0.05, 0) is 57.4 Å². The maximum atomic E-state index is 12.9. The van der Waals surface area contributed by atoms with E-state index in [-0.39, 0.29) is 17.9 Å². The van der Waals surface area contributed by atoms with Gasteiger partial charge in [0, 0.05) is 10.9 Å². The van der Waals surface area contributed by atoms with Crippen LogP contribution in [0.4, 0.5) is 5.00 Å². The second kappa shape index (κ2) is 10.6. The molecule has 1 aromatic heterocycles. The van der Waals surface area contributed by atoms with Crippen LogP contribution in [0, 0.1) is 5.92 Å². The van der Waals surface area contributed by atoms with Crippen LogP contribution in [0.25, 0.3) is 0 Å². The number of fused-ring (bicyclic) bond motifs is 1. The molecule has 1 amide bonds. The minimum atomic E-state index is -0.310. The first kappa shape index (κ1) is 22.3. The molecular formula is C23H36N2O3S. The van der Waals surface area contributed by atoms with Gasteiger partial charge in [0.25, 0.3) is 0 Å². The van der Waals surface area contributed by atoms with Crippen LogP contribution in [0.2, 0.25) is 0 Å². The van der Waals surface area contributed by atoms with E-state index in [0.29, 0.717) is 29.1 Å². The molecule has 1 fully saturated rings. The van der Waals surface area contributed by atoms with Crippen LogP contribution < -0.4 is 10.6 Å². The highest BCUT2D eigenvalue weighted by Crippen LogP contribution is 2.40. The van der Waals surface area contributed by atoms with E-state index in [9.17, 15) is 9.59 Å². The summed E-state index contributed by atoms with van der Waals surface area (Å²) in [4.78, 5) is 26.8. The quantitative estimate of drug-likeness (QED) is 0.630. The average molecular weight is 421 g/mol. The zero-order chi connectivity index (χ0) is 20.8. The van der Waals surface area contributed by atoms with Gasteiger partial charge in [0.15, 0.2) is 0 Å². The van der Waals surface area contributed by atoms with Crippen LogP contribution in [0.15, 0.2) is 0 Å². The molecule has 0 aromatic carbocycles. The van der Waals surface area contributed by atoms with Crippen LogP contribution in [-0.2, 0) is 22.4 Å². The van der Waals surface area contributed by atoms with Crippen LogP contribution in [0.5, 0.6) is 0 Å². The summed E-state index contributed by atoms with van der Waals surface area (Å²) in [5.41, 5.74) is 1.67. The first-order valence-corrected chi connectivity index (χ1v) is 12.2. The van der Waals surface area contributed by atoms with E-state index in [0.717, 1.165) is 37.7 Å². The Morgan fingerprint density at radius 3 is 2.52 bits per heavy atom. The lowest BCUT2D eigenvalue weighted by atomic mass is 9.88. The third kappa shape index (κ3) is 5.82. The molecule has 0 saturated heterocycles. The third-order valence-corrected chi connectivity index (χ3v) is 7.38. The molecular weight excluding hydrogens is 384 g/mol. The van der Waals surface area contributed by atoms with Gasteiger partial charge in [0.2, 0.25) is 5.91 Å². The van der Waals surface area contributed by atoms with E-state index >= 15 is 0 Å². The standard InChI is InChI=1S/C23H36N2O3S/c1-4-28-23(27)20-18-13-12-15(2)14-19(18)29-22(20)25-21(26)16(3)24-17-10-8-6-5-7-9-11-17/h15-17,24H,4-14H2,1-3H3,(H,25,26). The van der Waals surface area contributed by atoms with Gasteiger partial charge >= 0.3 is 5.97 Å². The fraction of sp³-hybridized carbons (Fsp3) is 0.739. The minimum absolute atomic E-state index is 0.0655. The molecule has 0 radical (unpaired) electrons. The zero-order valence-electron chi connectivity index (χ0n) is 18.1. The molecule has 1 heterocycles. The molecule has 1 saturated carbocycles. The van der Waals surface area contributed by atoms with E-state index < -0.39 is 0 Å². The maximum absolute atomic E-state index is 12.9. The maximum Gasteiger partial charge on any atom is 0.341 e. The van der Waals surface area contributed by atoms with Crippen molar-refractivity contribution in [2.24, 2.45) is 5.92 Å². The number of hydrogen-bond donors (Lipinski definition) is 2. The molecule has 2 atom stereocenters. The van der Waals surface area contributed by atoms with Crippen molar-refractivity contribution >= 4 is 28.2 Å². The fourth-order valence-corrected chi connectivity index (χ4v) is 5.93. The molecule has 2 unspecified atom stereocenters. The van der Waals surface area contributed by atoms with Crippen LogP contribution in [0.1, 0.15) is 92.9 Å². The van der Waals surface area contributed by atoms with Crippen molar-refractivity contribution in [3.05, 3.63) is 16.0 Å². The summed E-state index contributed by atoms with van der Waals surface area (Å²) < 4.78 is 5.31. The van der Waals surface area contributed by atoms with Gasteiger partial charge in [-0.3, -0.25) is 4.79 Å². The summed E-state index contributed by atoms with van der Waals surface area (Å²) in [5, 5.41) is 7.25. The molecule has 5 nitrogen and oxygen atoms in total. The van der Waals surface area contributed by atoms with Gasteiger partial charge in [-0.25, -0.2) is 4.79 Å². The van der Waals surface area contributed by atoms with E-state index in [2.05, 4.69) is 17.6 Å². The average Bonchev–Trinajstić information content (AvgIpc) is 3.00. The lowest BCUT2D eigenvalue weighted by molar-refractivity contribution is -0.118. The Kier molecular flexibility index (Phi) is 8.13. The van der Waals surface area contributed by atoms with E-state index in [1.807, 2.05) is 13.8 Å². The van der Waals surface area contributed by atoms with Crippen molar-refractivity contribution < 1.29 is 14.3 Å². The van der Waals surface area contributed by atoms with E-state index in [1.54, 1.807) is 11.3 Å². The van der Waals surface area contributed by atoms with Gasteiger partial charge in [-0.2, -0.15) is 0 Å². The molecule has 29 heavy (non-hydrogen) atoms. The first-order chi connectivity index (χ1) is 14.0. The Morgan fingerprint density at radius 1 is 1.14 bits per heavy atom. The Morgan fingerprint density at radius 2 is 1.83 bits per heavy atom. The number of ether oxygens (including phenoxy) is 1. The van der Waals surface area contributed by atoms with Gasteiger partial charge in [0.1, 0.15) is 5.00 Å². The van der Waals surface area contributed by atoms with Crippen LogP contribution in [-0.4, -0.2) is 30.6 Å². The monoisotopic (exact) mass is 420 g/mol. The molecule has 6 heteroatoms. The predicted octanol–water partition coefficient (Wildman–Crippen LogP) is 5.08. The van der Waals surface area contributed by atoms with Crippen molar-refractivity contribution in [2.75, 3.05) is 11.9 Å². The van der Waals surface area contributed by atoms with E-state index in [4.69, 9.17) is 4.74 Å². The van der Waals surface area contributed by atoms with E-state index in [1.165, 1.54) is 37.0 Å². The molecule has 2 N–H and O–H groups in total. The SMILES string of the molecule is CCOC(=O)c1c(NC(=O)C(C)NC2CCCCCCC2)sc2c1CCC(C)C2. The third-order valence-electron chi connectivity index (χ3n) is 6.21. The number of anilines is 1. The minimum Gasteiger partial charge on any atom is -0.462 e. The first-order valence-electron chi connectivity index (χ1n) is 11.4. The normalized spacial score (nSPS) is 21.6. The smallest absolute Gasteiger partial charge is 0.341 e. The Bertz CT molecular complexity index is 707. The highest BCUT2D eigenvalue weighted by atomic mass is 32.1. The molecule has 0 spiro atoms. The highest BCUT2D eigenvalue weighted by molar-refractivity contribution is 7.17. The molecule has 2 aliphatic rings. The largest absolute Gasteiger partial charge is 0.462 e. The van der Waals surface area contributed by atoms with Gasteiger partial charge < -0.3 is 15.4 Å². The summed E-state index contributed by atoms with van der Waals surface area (Å²) in [5.74, 6) is 0.236. The van der Waals surface area contributed by atoms with Crippen molar-refractivity contribution in [2.45, 2.75) is 97.1 Å². The molecule has 1 aromatic rings. The summed E-state index contributed by atoms with van der Waals surface area (Å²) in [6.45, 7) is 6.32. The van der Waals surface area contributed by atoms with Crippen molar-refractivity contribution in [3.8, 4) is 0 Å². The Balaban J connectivity index is 1.70. The molecule has 0 aliphatic heterocycles. The summed E-state index contributed by atoms with van der Waals surface area (Å²) in [7, 11) is 0.